The second-order valence-electron chi connectivity index (χ2n) is 5.21. The van der Waals surface area contributed by atoms with Crippen LogP contribution in [-0.4, -0.2) is 17.1 Å². The Kier molecular flexibility index (Phi) is 3.35. The number of nitrogens with zero attached hydrogens (tertiary/aromatic N) is 1. The van der Waals surface area contributed by atoms with Gasteiger partial charge in [-0.25, -0.2) is 13.6 Å². The largest absolute Gasteiger partial charge is 0.462 e. The van der Waals surface area contributed by atoms with Crippen molar-refractivity contribution in [3.8, 4) is 0 Å². The van der Waals surface area contributed by atoms with Crippen molar-refractivity contribution in [1.82, 2.24) is 4.57 Å². The third kappa shape index (κ3) is 2.13. The fourth-order valence-electron chi connectivity index (χ4n) is 2.45. The average Bonchev–Trinajstić information content (AvgIpc) is 3.30. The highest BCUT2D eigenvalue weighted by molar-refractivity contribution is 5.94. The van der Waals surface area contributed by atoms with Crippen LogP contribution in [-0.2, 0) is 4.74 Å². The number of carbonyl (C=O) groups is 1. The van der Waals surface area contributed by atoms with Gasteiger partial charge < -0.3 is 15.0 Å². The number of halogens is 2. The first-order chi connectivity index (χ1) is 10.5. The van der Waals surface area contributed by atoms with Gasteiger partial charge in [-0.3, -0.25) is 4.79 Å². The maximum atomic E-state index is 14.3. The summed E-state index contributed by atoms with van der Waals surface area (Å²) in [6.07, 6.45) is 2.86. The van der Waals surface area contributed by atoms with Gasteiger partial charge in [0.05, 0.1) is 17.5 Å². The predicted octanol–water partition coefficient (Wildman–Crippen LogP) is 2.37. The molecule has 0 aliphatic heterocycles. The van der Waals surface area contributed by atoms with E-state index in [2.05, 4.69) is 0 Å². The molecule has 0 atom stereocenters. The van der Waals surface area contributed by atoms with Crippen molar-refractivity contribution >= 4 is 22.6 Å². The monoisotopic (exact) mass is 308 g/mol. The topological polar surface area (TPSA) is 74.3 Å². The second-order valence-corrected chi connectivity index (χ2v) is 5.21. The van der Waals surface area contributed by atoms with Crippen molar-refractivity contribution < 1.29 is 18.3 Å². The molecular formula is C15H14F2N2O3. The average molecular weight is 308 g/mol. The van der Waals surface area contributed by atoms with Gasteiger partial charge in [0.2, 0.25) is 5.43 Å². The molecule has 0 amide bonds. The number of esters is 1. The summed E-state index contributed by atoms with van der Waals surface area (Å²) >= 11 is 0. The van der Waals surface area contributed by atoms with Crippen molar-refractivity contribution in [1.29, 1.82) is 0 Å². The molecule has 1 heterocycles. The number of hydrogen-bond donors (Lipinski definition) is 1. The van der Waals surface area contributed by atoms with Crippen molar-refractivity contribution in [2.75, 3.05) is 12.3 Å². The maximum Gasteiger partial charge on any atom is 0.343 e. The number of aromatic nitrogens is 1. The Balaban J connectivity index is 2.38. The summed E-state index contributed by atoms with van der Waals surface area (Å²) in [5.41, 5.74) is 3.68. The van der Waals surface area contributed by atoms with Crippen LogP contribution in [0.3, 0.4) is 0 Å². The number of nitrogens with two attached hydrogens (primary N) is 1. The summed E-state index contributed by atoms with van der Waals surface area (Å²) in [5, 5.41) is -0.207. The third-order valence-corrected chi connectivity index (χ3v) is 3.68. The molecule has 2 N–H and O–H groups in total. The van der Waals surface area contributed by atoms with Crippen LogP contribution >= 0.6 is 0 Å². The van der Waals surface area contributed by atoms with Gasteiger partial charge in [0.25, 0.3) is 0 Å². The van der Waals surface area contributed by atoms with Gasteiger partial charge in [-0.15, -0.1) is 0 Å². The number of benzene rings is 1. The molecule has 1 aliphatic rings. The zero-order valence-electron chi connectivity index (χ0n) is 11.9. The second kappa shape index (κ2) is 5.08. The summed E-state index contributed by atoms with van der Waals surface area (Å²) < 4.78 is 34.3. The van der Waals surface area contributed by atoms with Gasteiger partial charge >= 0.3 is 5.97 Å². The van der Waals surface area contributed by atoms with Crippen LogP contribution in [0.5, 0.6) is 0 Å². The molecule has 1 fully saturated rings. The highest BCUT2D eigenvalue weighted by Crippen LogP contribution is 2.38. The van der Waals surface area contributed by atoms with Crippen LogP contribution in [0, 0.1) is 11.6 Å². The highest BCUT2D eigenvalue weighted by Gasteiger charge is 2.29. The molecule has 22 heavy (non-hydrogen) atoms. The van der Waals surface area contributed by atoms with Crippen LogP contribution in [0.25, 0.3) is 10.9 Å². The number of anilines is 1. The van der Waals surface area contributed by atoms with E-state index in [9.17, 15) is 18.4 Å². The van der Waals surface area contributed by atoms with E-state index >= 15 is 0 Å². The van der Waals surface area contributed by atoms with E-state index in [0.717, 1.165) is 18.9 Å². The van der Waals surface area contributed by atoms with E-state index in [-0.39, 0.29) is 29.1 Å². The summed E-state index contributed by atoms with van der Waals surface area (Å²) in [7, 11) is 0. The lowest BCUT2D eigenvalue weighted by atomic mass is 10.1. The molecule has 0 bridgehead atoms. The minimum atomic E-state index is -1.02. The molecule has 1 aliphatic carbocycles. The number of fused-ring (bicyclic) bond motifs is 1. The van der Waals surface area contributed by atoms with E-state index in [0.29, 0.717) is 0 Å². The van der Waals surface area contributed by atoms with Crippen molar-refractivity contribution in [3.63, 3.8) is 0 Å². The molecule has 0 saturated heterocycles. The molecule has 0 unspecified atom stereocenters. The summed E-state index contributed by atoms with van der Waals surface area (Å²) in [5.74, 6) is -2.80. The van der Waals surface area contributed by atoms with Gasteiger partial charge in [-0.05, 0) is 25.8 Å². The Bertz CT molecular complexity index is 841. The molecule has 1 aromatic carbocycles. The molecule has 0 radical (unpaired) electrons. The van der Waals surface area contributed by atoms with Crippen LogP contribution in [0.1, 0.15) is 36.2 Å². The minimum Gasteiger partial charge on any atom is -0.462 e. The summed E-state index contributed by atoms with van der Waals surface area (Å²) in [4.78, 5) is 24.3. The molecule has 5 nitrogen and oxygen atoms in total. The Morgan fingerprint density at radius 2 is 2.14 bits per heavy atom. The lowest BCUT2D eigenvalue weighted by Gasteiger charge is -2.14. The summed E-state index contributed by atoms with van der Waals surface area (Å²) in [6.45, 7) is 1.71. The van der Waals surface area contributed by atoms with Crippen LogP contribution in [0.2, 0.25) is 0 Å². The number of rotatable bonds is 3. The first kappa shape index (κ1) is 14.5. The van der Waals surface area contributed by atoms with Crippen molar-refractivity contribution in [2.45, 2.75) is 25.8 Å². The number of ether oxygens (including phenoxy) is 1. The maximum absolute atomic E-state index is 14.3. The summed E-state index contributed by atoms with van der Waals surface area (Å²) in [6, 6.07) is 0.841. The molecule has 1 aromatic heterocycles. The highest BCUT2D eigenvalue weighted by atomic mass is 19.1. The molecule has 3 rings (SSSR count). The Morgan fingerprint density at radius 1 is 1.45 bits per heavy atom. The van der Waals surface area contributed by atoms with Crippen LogP contribution in [0.15, 0.2) is 17.1 Å². The lowest BCUT2D eigenvalue weighted by Crippen LogP contribution is -2.22. The predicted molar refractivity (Wildman–Crippen MR) is 76.8 cm³/mol. The van der Waals surface area contributed by atoms with E-state index in [1.54, 1.807) is 6.92 Å². The minimum absolute atomic E-state index is 0.0318. The number of nitrogen functional groups attached to an aromatic ring is 1. The smallest absolute Gasteiger partial charge is 0.343 e. The number of pyridine rings is 1. The Labute approximate surface area is 124 Å². The van der Waals surface area contributed by atoms with Gasteiger partial charge in [0.15, 0.2) is 5.82 Å². The SMILES string of the molecule is CCOC(=O)c1cn(C2CC2)c2c(F)c(N)c(F)cc2c1=O. The van der Waals surface area contributed by atoms with E-state index < -0.39 is 28.7 Å². The quantitative estimate of drug-likeness (QED) is 0.698. The molecule has 0 spiro atoms. The normalized spacial score (nSPS) is 14.3. The van der Waals surface area contributed by atoms with E-state index in [1.807, 2.05) is 0 Å². The molecule has 1 saturated carbocycles. The van der Waals surface area contributed by atoms with Crippen molar-refractivity contribution in [2.24, 2.45) is 0 Å². The van der Waals surface area contributed by atoms with Crippen molar-refractivity contribution in [3.05, 3.63) is 39.7 Å². The van der Waals surface area contributed by atoms with E-state index in [1.165, 1.54) is 10.8 Å². The Hall–Kier alpha value is -2.44. The van der Waals surface area contributed by atoms with Gasteiger partial charge in [-0.1, -0.05) is 0 Å². The zero-order chi connectivity index (χ0) is 16.0. The standard InChI is InChI=1S/C15H14F2N2O3/c1-2-22-15(21)9-6-19(7-3-4-7)13-8(14(9)20)5-10(16)12(18)11(13)17/h5-7H,2-4,18H2,1H3. The van der Waals surface area contributed by atoms with Gasteiger partial charge in [0, 0.05) is 12.2 Å². The molecule has 7 heteroatoms. The first-order valence-corrected chi connectivity index (χ1v) is 6.95. The number of carbonyl (C=O) groups excluding carboxylic acids is 1. The third-order valence-electron chi connectivity index (χ3n) is 3.68. The van der Waals surface area contributed by atoms with Crippen LogP contribution in [0.4, 0.5) is 14.5 Å². The Morgan fingerprint density at radius 3 is 2.73 bits per heavy atom. The molecule has 2 aromatic rings. The lowest BCUT2D eigenvalue weighted by molar-refractivity contribution is 0.0524. The molecule has 116 valence electrons. The fourth-order valence-corrected chi connectivity index (χ4v) is 2.45. The van der Waals surface area contributed by atoms with E-state index in [4.69, 9.17) is 10.5 Å². The van der Waals surface area contributed by atoms with Gasteiger partial charge in [0.1, 0.15) is 17.1 Å². The first-order valence-electron chi connectivity index (χ1n) is 6.95. The molecular weight excluding hydrogens is 294 g/mol. The zero-order valence-corrected chi connectivity index (χ0v) is 11.9. The number of hydrogen-bond acceptors (Lipinski definition) is 4. The van der Waals surface area contributed by atoms with Crippen LogP contribution < -0.4 is 11.2 Å². The fraction of sp³-hybridized carbons (Fsp3) is 0.333. The van der Waals surface area contributed by atoms with Gasteiger partial charge in [-0.2, -0.15) is 0 Å².